The Morgan fingerprint density at radius 3 is 2.24 bits per heavy atom. The third-order valence-corrected chi connectivity index (χ3v) is 4.41. The number of benzene rings is 2. The molecule has 2 aromatic rings. The maximum atomic E-state index is 12.2. The van der Waals surface area contributed by atoms with Crippen LogP contribution in [0.15, 0.2) is 42.5 Å². The molecule has 0 saturated heterocycles. The fourth-order valence-corrected chi connectivity index (χ4v) is 2.98. The van der Waals surface area contributed by atoms with Crippen LogP contribution in [0.3, 0.4) is 0 Å². The van der Waals surface area contributed by atoms with E-state index >= 15 is 0 Å². The van der Waals surface area contributed by atoms with E-state index in [0.717, 1.165) is 16.0 Å². The summed E-state index contributed by atoms with van der Waals surface area (Å²) < 4.78 is 0. The molecule has 0 aromatic heterocycles. The summed E-state index contributed by atoms with van der Waals surface area (Å²) in [5.74, 6) is -0.845. The Labute approximate surface area is 146 Å². The second-order valence-corrected chi connectivity index (χ2v) is 6.26. The van der Waals surface area contributed by atoms with Gasteiger partial charge in [0.25, 0.3) is 11.8 Å². The van der Waals surface area contributed by atoms with E-state index in [1.54, 1.807) is 24.3 Å². The molecule has 1 aliphatic heterocycles. The summed E-state index contributed by atoms with van der Waals surface area (Å²) in [5.41, 5.74) is 4.17. The van der Waals surface area contributed by atoms with Crippen molar-refractivity contribution in [1.29, 1.82) is 0 Å². The van der Waals surface area contributed by atoms with Gasteiger partial charge in [-0.25, -0.2) is 0 Å². The number of nitrogens with zero attached hydrogens (tertiary/aromatic N) is 1. The molecular weight excluding hydrogens is 316 g/mol. The summed E-state index contributed by atoms with van der Waals surface area (Å²) >= 11 is 0. The van der Waals surface area contributed by atoms with Crippen LogP contribution in [0.5, 0.6) is 0 Å². The van der Waals surface area contributed by atoms with Crippen molar-refractivity contribution in [3.05, 3.63) is 70.3 Å². The zero-order chi connectivity index (χ0) is 18.0. The molecule has 1 heterocycles. The average molecular weight is 336 g/mol. The van der Waals surface area contributed by atoms with Crippen molar-refractivity contribution in [2.45, 2.75) is 26.8 Å². The molecule has 0 unspecified atom stereocenters. The Morgan fingerprint density at radius 2 is 1.64 bits per heavy atom. The number of imide groups is 1. The van der Waals surface area contributed by atoms with E-state index in [1.807, 2.05) is 26.0 Å². The first kappa shape index (κ1) is 16.9. The topological polar surface area (TPSA) is 66.5 Å². The Kier molecular flexibility index (Phi) is 4.65. The van der Waals surface area contributed by atoms with Gasteiger partial charge in [-0.15, -0.1) is 0 Å². The first-order valence-corrected chi connectivity index (χ1v) is 8.25. The SMILES string of the molecule is Cc1ccc(CNC(=O)CCN2C(=O)c3ccccc3C2=O)c(C)c1. The van der Waals surface area contributed by atoms with Crippen molar-refractivity contribution in [2.75, 3.05) is 6.54 Å². The summed E-state index contributed by atoms with van der Waals surface area (Å²) in [7, 11) is 0. The molecule has 1 N–H and O–H groups in total. The fourth-order valence-electron chi connectivity index (χ4n) is 2.98. The van der Waals surface area contributed by atoms with Gasteiger partial charge in [-0.1, -0.05) is 35.9 Å². The van der Waals surface area contributed by atoms with Crippen LogP contribution in [0.4, 0.5) is 0 Å². The highest BCUT2D eigenvalue weighted by Crippen LogP contribution is 2.22. The fraction of sp³-hybridized carbons (Fsp3) is 0.250. The minimum Gasteiger partial charge on any atom is -0.352 e. The van der Waals surface area contributed by atoms with E-state index in [1.165, 1.54) is 5.56 Å². The van der Waals surface area contributed by atoms with Crippen LogP contribution in [0, 0.1) is 13.8 Å². The lowest BCUT2D eigenvalue weighted by molar-refractivity contribution is -0.121. The summed E-state index contributed by atoms with van der Waals surface area (Å²) in [4.78, 5) is 37.7. The predicted octanol–water partition coefficient (Wildman–Crippen LogP) is 2.61. The number of carbonyl (C=O) groups excluding carboxylic acids is 3. The first-order valence-electron chi connectivity index (χ1n) is 8.25. The van der Waals surface area contributed by atoms with Crippen LogP contribution in [0.1, 0.15) is 43.8 Å². The number of rotatable bonds is 5. The van der Waals surface area contributed by atoms with E-state index in [-0.39, 0.29) is 30.7 Å². The van der Waals surface area contributed by atoms with Crippen molar-refractivity contribution >= 4 is 17.7 Å². The van der Waals surface area contributed by atoms with Gasteiger partial charge in [0.1, 0.15) is 0 Å². The minimum atomic E-state index is -0.331. The van der Waals surface area contributed by atoms with E-state index < -0.39 is 0 Å². The predicted molar refractivity (Wildman–Crippen MR) is 94.2 cm³/mol. The first-order chi connectivity index (χ1) is 12.0. The molecule has 0 radical (unpaired) electrons. The van der Waals surface area contributed by atoms with Crippen LogP contribution >= 0.6 is 0 Å². The molecule has 0 spiro atoms. The van der Waals surface area contributed by atoms with E-state index in [4.69, 9.17) is 0 Å². The van der Waals surface area contributed by atoms with Crippen LogP contribution in [-0.4, -0.2) is 29.2 Å². The molecule has 0 fully saturated rings. The van der Waals surface area contributed by atoms with Crippen molar-refractivity contribution in [3.8, 4) is 0 Å². The van der Waals surface area contributed by atoms with Gasteiger partial charge in [0.2, 0.25) is 5.91 Å². The average Bonchev–Trinajstić information content (AvgIpc) is 2.84. The summed E-state index contributed by atoms with van der Waals surface area (Å²) in [5, 5.41) is 2.85. The zero-order valence-electron chi connectivity index (χ0n) is 14.3. The summed E-state index contributed by atoms with van der Waals surface area (Å²) in [6.45, 7) is 4.56. The monoisotopic (exact) mass is 336 g/mol. The molecular formula is C20H20N2O3. The molecule has 3 rings (SSSR count). The molecule has 2 aromatic carbocycles. The molecule has 0 aliphatic carbocycles. The molecule has 3 amide bonds. The van der Waals surface area contributed by atoms with Gasteiger partial charge < -0.3 is 5.32 Å². The number of carbonyl (C=O) groups is 3. The minimum absolute atomic E-state index is 0.0884. The number of hydrogen-bond acceptors (Lipinski definition) is 3. The van der Waals surface area contributed by atoms with E-state index in [2.05, 4.69) is 11.4 Å². The van der Waals surface area contributed by atoms with Gasteiger partial charge >= 0.3 is 0 Å². The highest BCUT2D eigenvalue weighted by Gasteiger charge is 2.34. The van der Waals surface area contributed by atoms with Gasteiger partial charge in [0.05, 0.1) is 11.1 Å². The molecule has 128 valence electrons. The highest BCUT2D eigenvalue weighted by molar-refractivity contribution is 6.21. The molecule has 5 nitrogen and oxygen atoms in total. The van der Waals surface area contributed by atoms with Gasteiger partial charge in [-0.05, 0) is 37.1 Å². The quantitative estimate of drug-likeness (QED) is 0.854. The third kappa shape index (κ3) is 3.45. The van der Waals surface area contributed by atoms with Crippen molar-refractivity contribution in [1.82, 2.24) is 10.2 Å². The maximum Gasteiger partial charge on any atom is 0.261 e. The lowest BCUT2D eigenvalue weighted by Gasteiger charge is -2.14. The second kappa shape index (κ2) is 6.89. The molecule has 25 heavy (non-hydrogen) atoms. The molecule has 5 heteroatoms. The number of nitrogens with one attached hydrogen (secondary N) is 1. The largest absolute Gasteiger partial charge is 0.352 e. The number of amides is 3. The van der Waals surface area contributed by atoms with E-state index in [0.29, 0.717) is 17.7 Å². The summed E-state index contributed by atoms with van der Waals surface area (Å²) in [6.07, 6.45) is 0.0936. The van der Waals surface area contributed by atoms with Gasteiger partial charge in [-0.2, -0.15) is 0 Å². The van der Waals surface area contributed by atoms with Crippen LogP contribution in [0.2, 0.25) is 0 Å². The number of hydrogen-bond donors (Lipinski definition) is 1. The Balaban J connectivity index is 1.55. The Hall–Kier alpha value is -2.95. The molecule has 0 bridgehead atoms. The van der Waals surface area contributed by atoms with Crippen LogP contribution in [-0.2, 0) is 11.3 Å². The molecule has 1 aliphatic rings. The standard InChI is InChI=1S/C20H20N2O3/c1-13-7-8-15(14(2)11-13)12-21-18(23)9-10-22-19(24)16-5-3-4-6-17(16)20(22)25/h3-8,11H,9-10,12H2,1-2H3,(H,21,23). The Morgan fingerprint density at radius 1 is 1.00 bits per heavy atom. The van der Waals surface area contributed by atoms with Crippen molar-refractivity contribution in [2.24, 2.45) is 0 Å². The third-order valence-electron chi connectivity index (χ3n) is 4.41. The van der Waals surface area contributed by atoms with Gasteiger partial charge in [0.15, 0.2) is 0 Å². The lowest BCUT2D eigenvalue weighted by Crippen LogP contribution is -2.34. The Bertz CT molecular complexity index is 823. The maximum absolute atomic E-state index is 12.2. The summed E-state index contributed by atoms with van der Waals surface area (Å²) in [6, 6.07) is 12.8. The number of fused-ring (bicyclic) bond motifs is 1. The van der Waals surface area contributed by atoms with Crippen molar-refractivity contribution in [3.63, 3.8) is 0 Å². The normalized spacial score (nSPS) is 13.1. The molecule has 0 atom stereocenters. The van der Waals surface area contributed by atoms with Gasteiger partial charge in [-0.3, -0.25) is 19.3 Å². The van der Waals surface area contributed by atoms with Gasteiger partial charge in [0, 0.05) is 19.5 Å². The smallest absolute Gasteiger partial charge is 0.261 e. The lowest BCUT2D eigenvalue weighted by atomic mass is 10.1. The second-order valence-electron chi connectivity index (χ2n) is 6.26. The highest BCUT2D eigenvalue weighted by atomic mass is 16.2. The number of aryl methyl sites for hydroxylation is 2. The molecule has 0 saturated carbocycles. The van der Waals surface area contributed by atoms with E-state index in [9.17, 15) is 14.4 Å². The van der Waals surface area contributed by atoms with Crippen LogP contribution < -0.4 is 5.32 Å². The van der Waals surface area contributed by atoms with Crippen LogP contribution in [0.25, 0.3) is 0 Å². The zero-order valence-corrected chi connectivity index (χ0v) is 14.3. The van der Waals surface area contributed by atoms with Crippen molar-refractivity contribution < 1.29 is 14.4 Å².